The van der Waals surface area contributed by atoms with Crippen LogP contribution < -0.4 is 5.73 Å². The molecule has 0 saturated carbocycles. The van der Waals surface area contributed by atoms with Crippen LogP contribution >= 0.6 is 0 Å². The minimum Gasteiger partial charge on any atom is -0.384 e. The average molecular weight is 470 g/mol. The molecule has 1 aromatic carbocycles. The van der Waals surface area contributed by atoms with Crippen LogP contribution in [0.25, 0.3) is 28.1 Å². The Kier molecular flexibility index (Phi) is 5.97. The third-order valence-corrected chi connectivity index (χ3v) is 6.28. The van der Waals surface area contributed by atoms with Crippen molar-refractivity contribution in [1.82, 2.24) is 24.5 Å². The first-order valence-corrected chi connectivity index (χ1v) is 11.1. The van der Waals surface area contributed by atoms with E-state index in [9.17, 15) is 13.2 Å². The number of pyridine rings is 2. The first-order chi connectivity index (χ1) is 16.3. The summed E-state index contributed by atoms with van der Waals surface area (Å²) in [6.07, 6.45) is -1.74. The Morgan fingerprint density at radius 3 is 2.74 bits per heavy atom. The van der Waals surface area contributed by atoms with Gasteiger partial charge in [-0.3, -0.25) is 9.30 Å². The topological polar surface area (TPSA) is 81.6 Å². The van der Waals surface area contributed by atoms with Crippen molar-refractivity contribution < 1.29 is 17.9 Å². The van der Waals surface area contributed by atoms with Crippen molar-refractivity contribution in [3.63, 3.8) is 0 Å². The summed E-state index contributed by atoms with van der Waals surface area (Å²) in [5.74, 6) is 0.388. The summed E-state index contributed by atoms with van der Waals surface area (Å²) in [4.78, 5) is 6.20. The van der Waals surface area contributed by atoms with Crippen molar-refractivity contribution in [2.24, 2.45) is 5.73 Å². The van der Waals surface area contributed by atoms with E-state index in [1.807, 2.05) is 30.3 Å². The van der Waals surface area contributed by atoms with Crippen LogP contribution in [0.5, 0.6) is 0 Å². The number of benzene rings is 1. The SMILES string of the molecule is COCCc1cccc2ccc(-c3nnc4ccc([C@@H](N5CC[C@H](N)C5)C(F)(F)F)cn34)nc12. The number of hydrogen-bond acceptors (Lipinski definition) is 6. The van der Waals surface area contributed by atoms with Gasteiger partial charge in [-0.15, -0.1) is 10.2 Å². The molecule has 2 atom stereocenters. The molecule has 4 heterocycles. The maximum absolute atomic E-state index is 14.1. The van der Waals surface area contributed by atoms with Crippen molar-refractivity contribution in [2.45, 2.75) is 31.1 Å². The summed E-state index contributed by atoms with van der Waals surface area (Å²) in [5, 5.41) is 9.37. The Morgan fingerprint density at radius 1 is 1.15 bits per heavy atom. The number of nitrogens with zero attached hydrogens (tertiary/aromatic N) is 5. The van der Waals surface area contributed by atoms with E-state index in [1.165, 1.54) is 17.2 Å². The Balaban J connectivity index is 1.59. The second-order valence-electron chi connectivity index (χ2n) is 8.63. The number of para-hydroxylation sites is 1. The zero-order valence-corrected chi connectivity index (χ0v) is 18.7. The van der Waals surface area contributed by atoms with E-state index in [1.54, 1.807) is 17.6 Å². The minimum absolute atomic E-state index is 0.122. The Hall–Kier alpha value is -3.08. The number of rotatable bonds is 6. The van der Waals surface area contributed by atoms with Gasteiger partial charge in [0.15, 0.2) is 11.5 Å². The molecule has 1 saturated heterocycles. The highest BCUT2D eigenvalue weighted by Crippen LogP contribution is 2.39. The molecule has 0 bridgehead atoms. The van der Waals surface area contributed by atoms with Crippen LogP contribution in [0.3, 0.4) is 0 Å². The number of halogens is 3. The second-order valence-corrected chi connectivity index (χ2v) is 8.63. The molecule has 5 rings (SSSR count). The largest absolute Gasteiger partial charge is 0.408 e. The lowest BCUT2D eigenvalue weighted by atomic mass is 10.1. The zero-order chi connectivity index (χ0) is 23.9. The number of hydrogen-bond donors (Lipinski definition) is 1. The number of aromatic nitrogens is 4. The number of likely N-dealkylation sites (tertiary alicyclic amines) is 1. The van der Waals surface area contributed by atoms with Crippen LogP contribution in [-0.4, -0.2) is 63.5 Å². The fourth-order valence-electron chi connectivity index (χ4n) is 4.65. The summed E-state index contributed by atoms with van der Waals surface area (Å²) >= 11 is 0. The number of methoxy groups -OCH3 is 1. The molecule has 10 heteroatoms. The molecular weight excluding hydrogens is 445 g/mol. The van der Waals surface area contributed by atoms with E-state index in [2.05, 4.69) is 10.2 Å². The van der Waals surface area contributed by atoms with Gasteiger partial charge in [0.25, 0.3) is 0 Å². The number of alkyl halides is 3. The predicted octanol–water partition coefficient (Wildman–Crippen LogP) is 3.77. The normalized spacial score (nSPS) is 18.2. The summed E-state index contributed by atoms with van der Waals surface area (Å²) in [7, 11) is 1.65. The third kappa shape index (κ3) is 4.24. The van der Waals surface area contributed by atoms with Crippen molar-refractivity contribution >= 4 is 16.6 Å². The van der Waals surface area contributed by atoms with E-state index in [4.69, 9.17) is 15.5 Å². The first-order valence-electron chi connectivity index (χ1n) is 11.1. The Morgan fingerprint density at radius 2 is 2.00 bits per heavy atom. The van der Waals surface area contributed by atoms with Crippen LogP contribution in [0.2, 0.25) is 0 Å². The highest BCUT2D eigenvalue weighted by atomic mass is 19.4. The summed E-state index contributed by atoms with van der Waals surface area (Å²) in [5.41, 5.74) is 8.84. The molecule has 0 unspecified atom stereocenters. The molecule has 0 aliphatic carbocycles. The molecule has 4 aromatic rings. The lowest BCUT2D eigenvalue weighted by molar-refractivity contribution is -0.183. The molecule has 1 fully saturated rings. The van der Waals surface area contributed by atoms with Crippen LogP contribution in [-0.2, 0) is 11.2 Å². The summed E-state index contributed by atoms with van der Waals surface area (Å²) in [6.45, 7) is 1.06. The van der Waals surface area contributed by atoms with Gasteiger partial charge in [-0.2, -0.15) is 13.2 Å². The summed E-state index contributed by atoms with van der Waals surface area (Å²) in [6, 6.07) is 10.7. The van der Waals surface area contributed by atoms with Gasteiger partial charge < -0.3 is 10.5 Å². The molecule has 0 spiro atoms. The quantitative estimate of drug-likeness (QED) is 0.462. The van der Waals surface area contributed by atoms with Gasteiger partial charge in [-0.05, 0) is 36.1 Å². The Labute approximate surface area is 194 Å². The predicted molar refractivity (Wildman–Crippen MR) is 122 cm³/mol. The average Bonchev–Trinajstić information content (AvgIpc) is 3.42. The van der Waals surface area contributed by atoms with Crippen molar-refractivity contribution in [3.05, 3.63) is 59.8 Å². The van der Waals surface area contributed by atoms with Crippen LogP contribution in [0.1, 0.15) is 23.6 Å². The monoisotopic (exact) mass is 470 g/mol. The number of ether oxygens (including phenoxy) is 1. The summed E-state index contributed by atoms with van der Waals surface area (Å²) < 4.78 is 49.1. The second kappa shape index (κ2) is 8.94. The van der Waals surface area contributed by atoms with Gasteiger partial charge >= 0.3 is 6.18 Å². The fraction of sp³-hybridized carbons (Fsp3) is 0.375. The van der Waals surface area contributed by atoms with Crippen molar-refractivity contribution in [1.29, 1.82) is 0 Å². The van der Waals surface area contributed by atoms with E-state index >= 15 is 0 Å². The van der Waals surface area contributed by atoms with Gasteiger partial charge in [0.05, 0.1) is 12.1 Å². The maximum Gasteiger partial charge on any atom is 0.408 e. The molecule has 1 aliphatic heterocycles. The van der Waals surface area contributed by atoms with Gasteiger partial charge in [-0.1, -0.05) is 30.3 Å². The van der Waals surface area contributed by atoms with E-state index in [0.717, 1.165) is 16.5 Å². The molecule has 3 aromatic heterocycles. The van der Waals surface area contributed by atoms with E-state index in [-0.39, 0.29) is 18.2 Å². The van der Waals surface area contributed by atoms with Crippen LogP contribution in [0.4, 0.5) is 13.2 Å². The molecule has 34 heavy (non-hydrogen) atoms. The fourth-order valence-corrected chi connectivity index (χ4v) is 4.65. The molecule has 0 radical (unpaired) electrons. The standard InChI is InChI=1S/C24H25F3N6O/c1-34-12-10-16-4-2-3-15-5-7-19(29-21(15)16)23-31-30-20-8-6-17(13-33(20)23)22(24(25,26)27)32-11-9-18(28)14-32/h2-8,13,18,22H,9-12,14,28H2,1H3/t18-,22+/m0/s1. The van der Waals surface area contributed by atoms with E-state index in [0.29, 0.717) is 43.2 Å². The third-order valence-electron chi connectivity index (χ3n) is 6.28. The highest BCUT2D eigenvalue weighted by Gasteiger charge is 2.46. The molecule has 0 amide bonds. The van der Waals surface area contributed by atoms with Crippen molar-refractivity contribution in [2.75, 3.05) is 26.8 Å². The van der Waals surface area contributed by atoms with Gasteiger partial charge in [0.2, 0.25) is 0 Å². The van der Waals surface area contributed by atoms with Gasteiger partial charge in [0.1, 0.15) is 11.7 Å². The van der Waals surface area contributed by atoms with Gasteiger partial charge in [0, 0.05) is 37.8 Å². The highest BCUT2D eigenvalue weighted by molar-refractivity contribution is 5.84. The smallest absolute Gasteiger partial charge is 0.384 e. The molecular formula is C24H25F3N6O. The molecule has 1 aliphatic rings. The van der Waals surface area contributed by atoms with Crippen molar-refractivity contribution in [3.8, 4) is 11.5 Å². The minimum atomic E-state index is -4.44. The molecule has 2 N–H and O–H groups in total. The first kappa shape index (κ1) is 22.7. The lowest BCUT2D eigenvalue weighted by Crippen LogP contribution is -2.38. The molecule has 178 valence electrons. The van der Waals surface area contributed by atoms with Gasteiger partial charge in [-0.25, -0.2) is 4.98 Å². The lowest BCUT2D eigenvalue weighted by Gasteiger charge is -2.30. The number of nitrogens with two attached hydrogens (primary N) is 1. The zero-order valence-electron chi connectivity index (χ0n) is 18.7. The van der Waals surface area contributed by atoms with E-state index < -0.39 is 12.2 Å². The maximum atomic E-state index is 14.1. The molecule has 7 nitrogen and oxygen atoms in total. The van der Waals surface area contributed by atoms with Crippen LogP contribution in [0, 0.1) is 0 Å². The Bertz CT molecular complexity index is 1320. The number of fused-ring (bicyclic) bond motifs is 2. The van der Waals surface area contributed by atoms with Crippen LogP contribution in [0.15, 0.2) is 48.7 Å².